The van der Waals surface area contributed by atoms with Gasteiger partial charge in [0.1, 0.15) is 6.33 Å². The second-order valence-corrected chi connectivity index (χ2v) is 3.73. The quantitative estimate of drug-likeness (QED) is 0.715. The molecule has 0 atom stereocenters. The minimum atomic E-state index is 0.700. The van der Waals surface area contributed by atoms with Crippen molar-refractivity contribution in [3.63, 3.8) is 0 Å². The van der Waals surface area contributed by atoms with Gasteiger partial charge in [-0.3, -0.25) is 0 Å². The molecule has 2 rings (SSSR count). The lowest BCUT2D eigenvalue weighted by Crippen LogP contribution is -1.93. The lowest BCUT2D eigenvalue weighted by Gasteiger charge is -2.01. The lowest BCUT2D eigenvalue weighted by molar-refractivity contribution is 0.949. The molecule has 3 heteroatoms. The van der Waals surface area contributed by atoms with Crippen molar-refractivity contribution in [3.8, 4) is 0 Å². The van der Waals surface area contributed by atoms with Crippen LogP contribution in [0.3, 0.4) is 0 Å². The topological polar surface area (TPSA) is 25.8 Å². The Bertz CT molecular complexity index is 281. The van der Waals surface area contributed by atoms with Gasteiger partial charge >= 0.3 is 0 Å². The molecule has 0 unspecified atom stereocenters. The van der Waals surface area contributed by atoms with Crippen molar-refractivity contribution >= 4 is 15.9 Å². The number of hydrogen-bond donors (Lipinski definition) is 0. The first-order valence-electron chi connectivity index (χ1n) is 3.76. The van der Waals surface area contributed by atoms with Crippen LogP contribution in [0.5, 0.6) is 0 Å². The Balaban J connectivity index is 2.45. The molecule has 0 bridgehead atoms. The third-order valence-electron chi connectivity index (χ3n) is 1.95. The standard InChI is InChI=1S/C8H9BrN2/c1-5-7(9)8(6-2-3-6)11-4-10-5/h4,6H,2-3H2,1H3. The van der Waals surface area contributed by atoms with Gasteiger partial charge in [-0.1, -0.05) is 0 Å². The highest BCUT2D eigenvalue weighted by Crippen LogP contribution is 2.42. The molecule has 0 spiro atoms. The molecule has 0 radical (unpaired) electrons. The molecule has 1 heterocycles. The molecule has 1 aromatic heterocycles. The summed E-state index contributed by atoms with van der Waals surface area (Å²) in [4.78, 5) is 8.33. The maximum absolute atomic E-state index is 4.24. The van der Waals surface area contributed by atoms with Crippen LogP contribution in [-0.4, -0.2) is 9.97 Å². The zero-order chi connectivity index (χ0) is 7.84. The van der Waals surface area contributed by atoms with Crippen LogP contribution >= 0.6 is 15.9 Å². The fourth-order valence-corrected chi connectivity index (χ4v) is 1.65. The number of hydrogen-bond acceptors (Lipinski definition) is 2. The second kappa shape index (κ2) is 2.55. The van der Waals surface area contributed by atoms with Crippen molar-refractivity contribution < 1.29 is 0 Å². The summed E-state index contributed by atoms with van der Waals surface area (Å²) < 4.78 is 1.10. The summed E-state index contributed by atoms with van der Waals surface area (Å²) in [7, 11) is 0. The molecule has 58 valence electrons. The molecule has 0 aromatic carbocycles. The molecule has 0 N–H and O–H groups in total. The summed E-state index contributed by atoms with van der Waals surface area (Å²) in [6.07, 6.45) is 4.22. The normalized spacial score (nSPS) is 16.9. The first-order valence-corrected chi connectivity index (χ1v) is 4.55. The first-order chi connectivity index (χ1) is 5.29. The van der Waals surface area contributed by atoms with E-state index < -0.39 is 0 Å². The van der Waals surface area contributed by atoms with Gasteiger partial charge in [-0.25, -0.2) is 9.97 Å². The van der Waals surface area contributed by atoms with Gasteiger partial charge in [0, 0.05) is 5.92 Å². The molecule has 1 aromatic rings. The van der Waals surface area contributed by atoms with Crippen molar-refractivity contribution in [2.24, 2.45) is 0 Å². The molecule has 0 amide bonds. The van der Waals surface area contributed by atoms with E-state index in [2.05, 4.69) is 25.9 Å². The van der Waals surface area contributed by atoms with Crippen LogP contribution in [-0.2, 0) is 0 Å². The molecule has 2 nitrogen and oxygen atoms in total. The van der Waals surface area contributed by atoms with Crippen LogP contribution in [0.4, 0.5) is 0 Å². The highest BCUT2D eigenvalue weighted by Gasteiger charge is 2.27. The Morgan fingerprint density at radius 1 is 1.45 bits per heavy atom. The van der Waals surface area contributed by atoms with Crippen molar-refractivity contribution in [2.45, 2.75) is 25.7 Å². The highest BCUT2D eigenvalue weighted by molar-refractivity contribution is 9.10. The SMILES string of the molecule is Cc1ncnc(C2CC2)c1Br. The van der Waals surface area contributed by atoms with Crippen LogP contribution in [0.15, 0.2) is 10.8 Å². The minimum Gasteiger partial charge on any atom is -0.240 e. The number of rotatable bonds is 1. The van der Waals surface area contributed by atoms with Gasteiger partial charge in [0.15, 0.2) is 0 Å². The van der Waals surface area contributed by atoms with Crippen LogP contribution < -0.4 is 0 Å². The summed E-state index contributed by atoms with van der Waals surface area (Å²) in [5, 5.41) is 0. The van der Waals surface area contributed by atoms with E-state index in [1.807, 2.05) is 6.92 Å². The zero-order valence-electron chi connectivity index (χ0n) is 6.34. The van der Waals surface area contributed by atoms with Crippen molar-refractivity contribution in [3.05, 3.63) is 22.2 Å². The van der Waals surface area contributed by atoms with Gasteiger partial charge in [-0.15, -0.1) is 0 Å². The van der Waals surface area contributed by atoms with E-state index in [-0.39, 0.29) is 0 Å². The first kappa shape index (κ1) is 7.22. The maximum Gasteiger partial charge on any atom is 0.116 e. The Labute approximate surface area is 74.2 Å². The van der Waals surface area contributed by atoms with Crippen molar-refractivity contribution in [2.75, 3.05) is 0 Å². The minimum absolute atomic E-state index is 0.700. The van der Waals surface area contributed by atoms with E-state index in [1.165, 1.54) is 18.5 Å². The predicted octanol–water partition coefficient (Wildman–Crippen LogP) is 2.42. The van der Waals surface area contributed by atoms with E-state index >= 15 is 0 Å². The second-order valence-electron chi connectivity index (χ2n) is 2.93. The van der Waals surface area contributed by atoms with Crippen LogP contribution in [0, 0.1) is 6.92 Å². The van der Waals surface area contributed by atoms with E-state index in [4.69, 9.17) is 0 Å². The largest absolute Gasteiger partial charge is 0.240 e. The van der Waals surface area contributed by atoms with Crippen LogP contribution in [0.2, 0.25) is 0 Å². The lowest BCUT2D eigenvalue weighted by atomic mass is 10.2. The van der Waals surface area contributed by atoms with Crippen LogP contribution in [0.1, 0.15) is 30.1 Å². The van der Waals surface area contributed by atoms with Gasteiger partial charge in [-0.05, 0) is 35.7 Å². The molecule has 0 aliphatic heterocycles. The monoisotopic (exact) mass is 212 g/mol. The fraction of sp³-hybridized carbons (Fsp3) is 0.500. The molecule has 1 aliphatic rings. The Morgan fingerprint density at radius 3 is 2.82 bits per heavy atom. The molecular weight excluding hydrogens is 204 g/mol. The summed E-state index contributed by atoms with van der Waals surface area (Å²) in [6.45, 7) is 2.00. The molecular formula is C8H9BrN2. The Morgan fingerprint density at radius 2 is 2.18 bits per heavy atom. The van der Waals surface area contributed by atoms with E-state index in [1.54, 1.807) is 6.33 Å². The smallest absolute Gasteiger partial charge is 0.116 e. The van der Waals surface area contributed by atoms with E-state index in [9.17, 15) is 0 Å². The van der Waals surface area contributed by atoms with E-state index in [0.29, 0.717) is 5.92 Å². The number of nitrogens with zero attached hydrogens (tertiary/aromatic N) is 2. The molecule has 1 saturated carbocycles. The molecule has 1 aliphatic carbocycles. The highest BCUT2D eigenvalue weighted by atomic mass is 79.9. The molecule has 1 fully saturated rings. The predicted molar refractivity (Wildman–Crippen MR) is 46.4 cm³/mol. The van der Waals surface area contributed by atoms with Gasteiger partial charge in [0.25, 0.3) is 0 Å². The third-order valence-corrected chi connectivity index (χ3v) is 2.93. The third kappa shape index (κ3) is 1.29. The van der Waals surface area contributed by atoms with E-state index in [0.717, 1.165) is 10.2 Å². The number of aryl methyl sites for hydroxylation is 1. The number of aromatic nitrogens is 2. The van der Waals surface area contributed by atoms with Gasteiger partial charge in [0.05, 0.1) is 15.9 Å². The average molecular weight is 213 g/mol. The summed E-state index contributed by atoms with van der Waals surface area (Å²) in [5.41, 5.74) is 2.24. The Hall–Kier alpha value is -0.440. The van der Waals surface area contributed by atoms with Crippen molar-refractivity contribution in [1.29, 1.82) is 0 Å². The van der Waals surface area contributed by atoms with Gasteiger partial charge in [0.2, 0.25) is 0 Å². The average Bonchev–Trinajstić information content (AvgIpc) is 2.77. The summed E-state index contributed by atoms with van der Waals surface area (Å²) in [6, 6.07) is 0. The van der Waals surface area contributed by atoms with Gasteiger partial charge in [-0.2, -0.15) is 0 Å². The maximum atomic E-state index is 4.24. The van der Waals surface area contributed by atoms with Crippen molar-refractivity contribution in [1.82, 2.24) is 9.97 Å². The van der Waals surface area contributed by atoms with Crippen LogP contribution in [0.25, 0.3) is 0 Å². The molecule has 0 saturated heterocycles. The number of halogens is 1. The molecule has 11 heavy (non-hydrogen) atoms. The van der Waals surface area contributed by atoms with Gasteiger partial charge < -0.3 is 0 Å². The summed E-state index contributed by atoms with van der Waals surface area (Å²) >= 11 is 3.50. The zero-order valence-corrected chi connectivity index (χ0v) is 7.93. The Kier molecular flexibility index (Phi) is 1.68. The fourth-order valence-electron chi connectivity index (χ4n) is 1.12. The summed E-state index contributed by atoms with van der Waals surface area (Å²) in [5.74, 6) is 0.700.